The molecule has 26 heavy (non-hydrogen) atoms. The number of ether oxygens (including phenoxy) is 1. The average Bonchev–Trinajstić information content (AvgIpc) is 2.64. The van der Waals surface area contributed by atoms with Crippen molar-refractivity contribution in [2.75, 3.05) is 13.2 Å². The van der Waals surface area contributed by atoms with Crippen molar-refractivity contribution in [2.45, 2.75) is 59.0 Å². The van der Waals surface area contributed by atoms with E-state index in [4.69, 9.17) is 10.5 Å². The van der Waals surface area contributed by atoms with Crippen molar-refractivity contribution in [3.63, 3.8) is 0 Å². The van der Waals surface area contributed by atoms with E-state index in [0.717, 1.165) is 12.8 Å². The van der Waals surface area contributed by atoms with Gasteiger partial charge in [-0.3, -0.25) is 9.59 Å². The fraction of sp³-hybridized carbons (Fsp3) is 0.600. The molecule has 6 nitrogen and oxygen atoms in total. The van der Waals surface area contributed by atoms with Crippen molar-refractivity contribution in [3.8, 4) is 5.75 Å². The first-order valence-corrected chi connectivity index (χ1v) is 9.36. The molecule has 0 saturated carbocycles. The average molecular weight is 364 g/mol. The van der Waals surface area contributed by atoms with E-state index >= 15 is 0 Å². The third kappa shape index (κ3) is 6.33. The lowest BCUT2D eigenvalue weighted by atomic mass is 9.94. The van der Waals surface area contributed by atoms with Crippen LogP contribution >= 0.6 is 0 Å². The van der Waals surface area contributed by atoms with E-state index in [2.05, 4.69) is 10.6 Å². The van der Waals surface area contributed by atoms with Crippen molar-refractivity contribution in [1.82, 2.24) is 10.6 Å². The summed E-state index contributed by atoms with van der Waals surface area (Å²) in [6, 6.07) is 6.25. The van der Waals surface area contributed by atoms with Gasteiger partial charge in [-0.05, 0) is 49.9 Å². The first-order valence-electron chi connectivity index (χ1n) is 9.36. The summed E-state index contributed by atoms with van der Waals surface area (Å²) in [6.45, 7) is 10.7. The van der Waals surface area contributed by atoms with Crippen LogP contribution < -0.4 is 21.1 Å². The van der Waals surface area contributed by atoms with Gasteiger partial charge in [0.2, 0.25) is 5.91 Å². The zero-order valence-electron chi connectivity index (χ0n) is 16.6. The zero-order chi connectivity index (χ0) is 19.7. The molecule has 1 atom stereocenters. The van der Waals surface area contributed by atoms with Crippen molar-refractivity contribution < 1.29 is 14.3 Å². The van der Waals surface area contributed by atoms with E-state index in [1.165, 1.54) is 0 Å². The van der Waals surface area contributed by atoms with Gasteiger partial charge in [0.05, 0.1) is 6.61 Å². The molecule has 0 aliphatic heterocycles. The molecule has 2 amide bonds. The molecule has 0 aliphatic rings. The number of amides is 2. The third-order valence-electron chi connectivity index (χ3n) is 4.69. The molecule has 6 heteroatoms. The van der Waals surface area contributed by atoms with Crippen molar-refractivity contribution in [2.24, 2.45) is 11.7 Å². The van der Waals surface area contributed by atoms with Crippen LogP contribution in [0.1, 0.15) is 57.8 Å². The van der Waals surface area contributed by atoms with Gasteiger partial charge in [-0.2, -0.15) is 0 Å². The highest BCUT2D eigenvalue weighted by Gasteiger charge is 2.27. The summed E-state index contributed by atoms with van der Waals surface area (Å²) in [5.74, 6) is 0.167. The molecule has 1 unspecified atom stereocenters. The fourth-order valence-corrected chi connectivity index (χ4v) is 2.50. The first kappa shape index (κ1) is 22.0. The van der Waals surface area contributed by atoms with Gasteiger partial charge in [-0.1, -0.05) is 27.7 Å². The Labute approximate surface area is 156 Å². The van der Waals surface area contributed by atoms with Crippen molar-refractivity contribution >= 4 is 11.8 Å². The Morgan fingerprint density at radius 2 is 1.69 bits per heavy atom. The topological polar surface area (TPSA) is 93.4 Å². The molecule has 1 aromatic rings. The molecule has 0 spiro atoms. The Morgan fingerprint density at radius 1 is 1.12 bits per heavy atom. The minimum absolute atomic E-state index is 0.0444. The molecule has 0 heterocycles. The molecule has 0 aromatic heterocycles. The fourth-order valence-electron chi connectivity index (χ4n) is 2.50. The van der Waals surface area contributed by atoms with Gasteiger partial charge >= 0.3 is 0 Å². The van der Waals surface area contributed by atoms with Crippen LogP contribution in [0, 0.1) is 5.92 Å². The van der Waals surface area contributed by atoms with Crippen LogP contribution in [0.2, 0.25) is 0 Å². The van der Waals surface area contributed by atoms with Crippen LogP contribution in [-0.2, 0) is 4.79 Å². The SMILES string of the molecule is CCOc1ccc(C(=O)NC(C(=O)NCC(N)(CC)CC)C(C)C)cc1. The number of carbonyl (C=O) groups excluding carboxylic acids is 2. The summed E-state index contributed by atoms with van der Waals surface area (Å²) in [6.07, 6.45) is 1.54. The molecule has 0 aliphatic carbocycles. The van der Waals surface area contributed by atoms with Crippen LogP contribution in [0.25, 0.3) is 0 Å². The number of hydrogen-bond donors (Lipinski definition) is 3. The van der Waals surface area contributed by atoms with Gasteiger partial charge in [0.15, 0.2) is 0 Å². The maximum atomic E-state index is 12.6. The number of hydrogen-bond acceptors (Lipinski definition) is 4. The zero-order valence-corrected chi connectivity index (χ0v) is 16.6. The molecular formula is C20H33N3O3. The van der Waals surface area contributed by atoms with Crippen LogP contribution in [0.3, 0.4) is 0 Å². The van der Waals surface area contributed by atoms with E-state index in [-0.39, 0.29) is 17.7 Å². The highest BCUT2D eigenvalue weighted by molar-refractivity contribution is 5.97. The Hall–Kier alpha value is -2.08. The normalized spacial score (nSPS) is 12.6. The summed E-state index contributed by atoms with van der Waals surface area (Å²) >= 11 is 0. The Bertz CT molecular complexity index is 580. The third-order valence-corrected chi connectivity index (χ3v) is 4.69. The highest BCUT2D eigenvalue weighted by Crippen LogP contribution is 2.13. The summed E-state index contributed by atoms with van der Waals surface area (Å²) < 4.78 is 5.38. The van der Waals surface area contributed by atoms with Gasteiger partial charge in [0.1, 0.15) is 11.8 Å². The van der Waals surface area contributed by atoms with Crippen LogP contribution in [0.15, 0.2) is 24.3 Å². The van der Waals surface area contributed by atoms with Gasteiger partial charge in [0.25, 0.3) is 5.91 Å². The largest absolute Gasteiger partial charge is 0.494 e. The minimum Gasteiger partial charge on any atom is -0.494 e. The van der Waals surface area contributed by atoms with Crippen LogP contribution in [-0.4, -0.2) is 36.5 Å². The van der Waals surface area contributed by atoms with E-state index in [1.807, 2.05) is 34.6 Å². The standard InChI is InChI=1S/C20H33N3O3/c1-6-20(21,7-2)13-22-19(25)17(14(4)5)23-18(24)15-9-11-16(12-10-15)26-8-3/h9-12,14,17H,6-8,13,21H2,1-5H3,(H,22,25)(H,23,24). The lowest BCUT2D eigenvalue weighted by Crippen LogP contribution is -2.55. The number of nitrogens with two attached hydrogens (primary N) is 1. The summed E-state index contributed by atoms with van der Waals surface area (Å²) in [5.41, 5.74) is 6.31. The lowest BCUT2D eigenvalue weighted by Gasteiger charge is -2.29. The second kappa shape index (κ2) is 10.2. The van der Waals surface area contributed by atoms with E-state index < -0.39 is 11.6 Å². The predicted molar refractivity (Wildman–Crippen MR) is 104 cm³/mol. The Balaban J connectivity index is 2.74. The lowest BCUT2D eigenvalue weighted by molar-refractivity contribution is -0.124. The Morgan fingerprint density at radius 3 is 2.15 bits per heavy atom. The molecular weight excluding hydrogens is 330 g/mol. The van der Waals surface area contributed by atoms with Gasteiger partial charge in [-0.15, -0.1) is 0 Å². The molecule has 0 bridgehead atoms. The van der Waals surface area contributed by atoms with E-state index in [0.29, 0.717) is 24.5 Å². The maximum absolute atomic E-state index is 12.6. The molecule has 1 aromatic carbocycles. The molecule has 4 N–H and O–H groups in total. The quantitative estimate of drug-likeness (QED) is 0.595. The second-order valence-corrected chi connectivity index (χ2v) is 6.94. The second-order valence-electron chi connectivity index (χ2n) is 6.94. The van der Waals surface area contributed by atoms with E-state index in [1.54, 1.807) is 24.3 Å². The predicted octanol–water partition coefficient (Wildman–Crippen LogP) is 2.47. The van der Waals surface area contributed by atoms with Crippen LogP contribution in [0.4, 0.5) is 0 Å². The molecule has 0 fully saturated rings. The first-order chi connectivity index (χ1) is 12.3. The molecule has 1 rings (SSSR count). The summed E-state index contributed by atoms with van der Waals surface area (Å²) in [5, 5.41) is 5.71. The smallest absolute Gasteiger partial charge is 0.251 e. The molecule has 146 valence electrons. The maximum Gasteiger partial charge on any atom is 0.251 e. The van der Waals surface area contributed by atoms with Crippen molar-refractivity contribution in [3.05, 3.63) is 29.8 Å². The summed E-state index contributed by atoms with van der Waals surface area (Å²) in [7, 11) is 0. The van der Waals surface area contributed by atoms with Gasteiger partial charge < -0.3 is 21.1 Å². The number of nitrogens with one attached hydrogen (secondary N) is 2. The number of benzene rings is 1. The minimum atomic E-state index is -0.618. The molecule has 0 radical (unpaired) electrons. The number of rotatable bonds is 10. The van der Waals surface area contributed by atoms with Gasteiger partial charge in [0, 0.05) is 17.6 Å². The highest BCUT2D eigenvalue weighted by atomic mass is 16.5. The Kier molecular flexibility index (Phi) is 8.58. The van der Waals surface area contributed by atoms with E-state index in [9.17, 15) is 9.59 Å². The van der Waals surface area contributed by atoms with Crippen molar-refractivity contribution in [1.29, 1.82) is 0 Å². The monoisotopic (exact) mass is 363 g/mol. The van der Waals surface area contributed by atoms with Crippen LogP contribution in [0.5, 0.6) is 5.75 Å². The summed E-state index contributed by atoms with van der Waals surface area (Å²) in [4.78, 5) is 25.1. The van der Waals surface area contributed by atoms with Gasteiger partial charge in [-0.25, -0.2) is 0 Å². The number of carbonyl (C=O) groups is 2. The molecule has 0 saturated heterocycles.